The molecule has 0 saturated carbocycles. The van der Waals surface area contributed by atoms with Crippen molar-refractivity contribution in [3.63, 3.8) is 0 Å². The fourth-order valence-electron chi connectivity index (χ4n) is 3.74. The summed E-state index contributed by atoms with van der Waals surface area (Å²) in [6.45, 7) is 1.86. The Kier molecular flexibility index (Phi) is 5.16. The van der Waals surface area contributed by atoms with Gasteiger partial charge in [-0.15, -0.1) is 0 Å². The van der Waals surface area contributed by atoms with E-state index in [9.17, 15) is 9.59 Å². The number of hydrogen-bond donors (Lipinski definition) is 1. The molecule has 2 aliphatic heterocycles. The number of piperidine rings is 1. The number of nitrogens with zero attached hydrogens (tertiary/aromatic N) is 2. The molecule has 1 saturated heterocycles. The summed E-state index contributed by atoms with van der Waals surface area (Å²) in [6.07, 6.45) is 5.87. The van der Waals surface area contributed by atoms with Crippen molar-refractivity contribution in [2.75, 3.05) is 13.1 Å². The normalized spacial score (nSPS) is 20.1. The molecule has 1 N–H and O–H groups in total. The minimum absolute atomic E-state index is 0.00330. The molecule has 0 bridgehead atoms. The second kappa shape index (κ2) is 7.88. The molecule has 0 aliphatic carbocycles. The second-order valence-corrected chi connectivity index (χ2v) is 7.08. The highest BCUT2D eigenvalue weighted by Gasteiger charge is 2.33. The van der Waals surface area contributed by atoms with Crippen LogP contribution in [0.1, 0.15) is 34.3 Å². The van der Waals surface area contributed by atoms with Gasteiger partial charge in [0.25, 0.3) is 5.91 Å². The zero-order valence-electron chi connectivity index (χ0n) is 15.1. The zero-order valence-corrected chi connectivity index (χ0v) is 15.1. The largest absolute Gasteiger partial charge is 0.373 e. The topological polar surface area (TPSA) is 71.5 Å². The van der Waals surface area contributed by atoms with Crippen LogP contribution in [0.5, 0.6) is 0 Å². The monoisotopic (exact) mass is 365 g/mol. The van der Waals surface area contributed by atoms with Gasteiger partial charge in [-0.1, -0.05) is 24.3 Å². The lowest BCUT2D eigenvalue weighted by molar-refractivity contribution is -0.136. The molecule has 2 amide bonds. The van der Waals surface area contributed by atoms with Crippen molar-refractivity contribution in [3.05, 3.63) is 65.5 Å². The fourth-order valence-corrected chi connectivity index (χ4v) is 3.74. The molecule has 1 unspecified atom stereocenters. The fraction of sp³-hybridized carbons (Fsp3) is 0.381. The highest BCUT2D eigenvalue weighted by Crippen LogP contribution is 2.20. The molecule has 6 heteroatoms. The third kappa shape index (κ3) is 4.01. The zero-order chi connectivity index (χ0) is 18.6. The van der Waals surface area contributed by atoms with Crippen molar-refractivity contribution < 1.29 is 14.3 Å². The maximum atomic E-state index is 12.9. The Morgan fingerprint density at radius 2 is 2.00 bits per heavy atom. The first-order valence-corrected chi connectivity index (χ1v) is 9.39. The summed E-state index contributed by atoms with van der Waals surface area (Å²) in [5.74, 6) is -0.159. The number of hydrogen-bond acceptors (Lipinski definition) is 4. The average Bonchev–Trinajstić information content (AvgIpc) is 2.73. The van der Waals surface area contributed by atoms with Gasteiger partial charge >= 0.3 is 0 Å². The minimum Gasteiger partial charge on any atom is -0.373 e. The summed E-state index contributed by atoms with van der Waals surface area (Å²) in [4.78, 5) is 31.0. The van der Waals surface area contributed by atoms with Crippen LogP contribution in [-0.4, -0.2) is 46.9 Å². The van der Waals surface area contributed by atoms with Gasteiger partial charge in [0.2, 0.25) is 5.91 Å². The number of benzene rings is 1. The lowest BCUT2D eigenvalue weighted by Crippen LogP contribution is -2.54. The lowest BCUT2D eigenvalue weighted by atomic mass is 9.94. The van der Waals surface area contributed by atoms with E-state index >= 15 is 0 Å². The Bertz CT molecular complexity index is 816. The van der Waals surface area contributed by atoms with E-state index in [1.54, 1.807) is 12.3 Å². The van der Waals surface area contributed by atoms with Gasteiger partial charge in [0, 0.05) is 37.5 Å². The van der Waals surface area contributed by atoms with E-state index in [2.05, 4.69) is 10.3 Å². The quantitative estimate of drug-likeness (QED) is 0.899. The van der Waals surface area contributed by atoms with Gasteiger partial charge in [0.05, 0.1) is 12.7 Å². The van der Waals surface area contributed by atoms with Crippen molar-refractivity contribution >= 4 is 11.8 Å². The van der Waals surface area contributed by atoms with Crippen molar-refractivity contribution in [2.45, 2.75) is 38.0 Å². The predicted molar refractivity (Wildman–Crippen MR) is 100 cm³/mol. The van der Waals surface area contributed by atoms with Gasteiger partial charge in [-0.2, -0.15) is 0 Å². The molecular formula is C21H23N3O3. The van der Waals surface area contributed by atoms with Crippen molar-refractivity contribution in [3.8, 4) is 0 Å². The van der Waals surface area contributed by atoms with Gasteiger partial charge in [-0.3, -0.25) is 14.6 Å². The lowest BCUT2D eigenvalue weighted by Gasteiger charge is -2.35. The SMILES string of the molecule is O=C1NC(C(=O)N2CCC(OCc3cccnc3)CC2)Cc2ccccc21. The molecule has 3 heterocycles. The van der Waals surface area contributed by atoms with Crippen LogP contribution in [-0.2, 0) is 22.6 Å². The molecule has 1 aromatic heterocycles. The highest BCUT2D eigenvalue weighted by atomic mass is 16.5. The number of aromatic nitrogens is 1. The van der Waals surface area contributed by atoms with Gasteiger partial charge in [0.15, 0.2) is 0 Å². The van der Waals surface area contributed by atoms with E-state index in [0.717, 1.165) is 24.0 Å². The van der Waals surface area contributed by atoms with E-state index in [4.69, 9.17) is 4.74 Å². The van der Waals surface area contributed by atoms with Crippen LogP contribution < -0.4 is 5.32 Å². The molecule has 0 radical (unpaired) electrons. The number of fused-ring (bicyclic) bond motifs is 1. The Hall–Kier alpha value is -2.73. The average molecular weight is 365 g/mol. The number of pyridine rings is 1. The molecule has 1 atom stereocenters. The van der Waals surface area contributed by atoms with E-state index < -0.39 is 6.04 Å². The van der Waals surface area contributed by atoms with Crippen LogP contribution in [0.4, 0.5) is 0 Å². The molecule has 1 fully saturated rings. The predicted octanol–water partition coefficient (Wildman–Crippen LogP) is 1.94. The van der Waals surface area contributed by atoms with Gasteiger partial charge in [0.1, 0.15) is 6.04 Å². The number of ether oxygens (including phenoxy) is 1. The summed E-state index contributed by atoms with van der Waals surface area (Å²) >= 11 is 0. The first-order valence-electron chi connectivity index (χ1n) is 9.39. The Morgan fingerprint density at radius 3 is 2.78 bits per heavy atom. The molecule has 2 aliphatic rings. The summed E-state index contributed by atoms with van der Waals surface area (Å²) in [5, 5.41) is 2.86. The summed E-state index contributed by atoms with van der Waals surface area (Å²) in [6, 6.07) is 10.9. The Balaban J connectivity index is 1.29. The molecular weight excluding hydrogens is 342 g/mol. The number of carbonyl (C=O) groups excluding carboxylic acids is 2. The van der Waals surface area contributed by atoms with Crippen LogP contribution in [0.15, 0.2) is 48.8 Å². The highest BCUT2D eigenvalue weighted by molar-refractivity contribution is 6.00. The van der Waals surface area contributed by atoms with Gasteiger partial charge in [-0.25, -0.2) is 0 Å². The van der Waals surface area contributed by atoms with Gasteiger partial charge < -0.3 is 15.0 Å². The van der Waals surface area contributed by atoms with E-state index in [0.29, 0.717) is 31.7 Å². The number of amides is 2. The second-order valence-electron chi connectivity index (χ2n) is 7.08. The maximum absolute atomic E-state index is 12.9. The molecule has 1 aromatic carbocycles. The minimum atomic E-state index is -0.472. The molecule has 140 valence electrons. The number of nitrogens with one attached hydrogen (secondary N) is 1. The maximum Gasteiger partial charge on any atom is 0.252 e. The molecule has 27 heavy (non-hydrogen) atoms. The van der Waals surface area contributed by atoms with Crippen LogP contribution >= 0.6 is 0 Å². The molecule has 0 spiro atoms. The Labute approximate surface area is 158 Å². The first kappa shape index (κ1) is 17.7. The molecule has 4 rings (SSSR count). The van der Waals surface area contributed by atoms with Crippen molar-refractivity contribution in [2.24, 2.45) is 0 Å². The molecule has 2 aromatic rings. The Morgan fingerprint density at radius 1 is 1.19 bits per heavy atom. The summed E-state index contributed by atoms with van der Waals surface area (Å²) in [5.41, 5.74) is 2.66. The van der Waals surface area contributed by atoms with Crippen molar-refractivity contribution in [1.29, 1.82) is 0 Å². The van der Waals surface area contributed by atoms with Crippen LogP contribution in [0, 0.1) is 0 Å². The van der Waals surface area contributed by atoms with E-state index in [1.807, 2.05) is 41.4 Å². The van der Waals surface area contributed by atoms with E-state index in [-0.39, 0.29) is 17.9 Å². The number of likely N-dealkylation sites (tertiary alicyclic amines) is 1. The van der Waals surface area contributed by atoms with Crippen LogP contribution in [0.25, 0.3) is 0 Å². The standard InChI is InChI=1S/C21H23N3O3/c25-20-18-6-2-1-5-16(18)12-19(23-20)21(26)24-10-7-17(8-11-24)27-14-15-4-3-9-22-13-15/h1-6,9,13,17,19H,7-8,10-12,14H2,(H,23,25). The van der Waals surface area contributed by atoms with Crippen LogP contribution in [0.3, 0.4) is 0 Å². The third-order valence-corrected chi connectivity index (χ3v) is 5.25. The van der Waals surface area contributed by atoms with E-state index in [1.165, 1.54) is 0 Å². The summed E-state index contributed by atoms with van der Waals surface area (Å²) < 4.78 is 5.96. The third-order valence-electron chi connectivity index (χ3n) is 5.25. The van der Waals surface area contributed by atoms with Gasteiger partial charge in [-0.05, 0) is 36.1 Å². The van der Waals surface area contributed by atoms with Crippen LogP contribution in [0.2, 0.25) is 0 Å². The summed E-state index contributed by atoms with van der Waals surface area (Å²) in [7, 11) is 0. The number of carbonyl (C=O) groups is 2. The smallest absolute Gasteiger partial charge is 0.252 e. The number of rotatable bonds is 4. The first-order chi connectivity index (χ1) is 13.2. The van der Waals surface area contributed by atoms with Crippen molar-refractivity contribution in [1.82, 2.24) is 15.2 Å². The molecule has 6 nitrogen and oxygen atoms in total.